The lowest BCUT2D eigenvalue weighted by Gasteiger charge is -2.02. The molecule has 0 aliphatic carbocycles. The second-order valence-corrected chi connectivity index (χ2v) is 5.21. The number of hydrogen-bond donors (Lipinski definition) is 2. The molecule has 2 N–H and O–H groups in total. The summed E-state index contributed by atoms with van der Waals surface area (Å²) in [6.07, 6.45) is 2.33. The molecule has 1 heterocycles. The van der Waals surface area contributed by atoms with Crippen LogP contribution in [0.2, 0.25) is 0 Å². The molecule has 0 aliphatic heterocycles. The molecule has 0 spiro atoms. The third kappa shape index (κ3) is 3.34. The first-order valence-corrected chi connectivity index (χ1v) is 7.30. The maximum absolute atomic E-state index is 13.4. The highest BCUT2D eigenvalue weighted by Crippen LogP contribution is 2.26. The van der Waals surface area contributed by atoms with Crippen LogP contribution in [0.1, 0.15) is 11.1 Å². The van der Waals surface area contributed by atoms with Crippen LogP contribution in [0, 0.1) is 5.82 Å². The Morgan fingerprint density at radius 3 is 2.96 bits per heavy atom. The van der Waals surface area contributed by atoms with E-state index in [9.17, 15) is 9.50 Å². The van der Waals surface area contributed by atoms with E-state index in [0.717, 1.165) is 17.7 Å². The maximum Gasteiger partial charge on any atom is 0.198 e. The summed E-state index contributed by atoms with van der Waals surface area (Å²) >= 11 is 0. The topological polar surface area (TPSA) is 57.6 Å². The van der Waals surface area contributed by atoms with Crippen LogP contribution in [0.4, 0.5) is 4.39 Å². The van der Waals surface area contributed by atoms with Crippen LogP contribution in [0.15, 0.2) is 47.5 Å². The van der Waals surface area contributed by atoms with Gasteiger partial charge >= 0.3 is 0 Å². The van der Waals surface area contributed by atoms with E-state index in [1.165, 1.54) is 12.1 Å². The molecule has 3 aromatic rings. The summed E-state index contributed by atoms with van der Waals surface area (Å²) < 4.78 is 18.5. The number of halogens is 1. The van der Waals surface area contributed by atoms with E-state index in [4.69, 9.17) is 4.74 Å². The molecule has 5 heteroatoms. The minimum atomic E-state index is -0.345. The van der Waals surface area contributed by atoms with E-state index in [-0.39, 0.29) is 11.7 Å². The Morgan fingerprint density at radius 1 is 1.26 bits per heavy atom. The molecular weight excluding hydrogens is 295 g/mol. The van der Waals surface area contributed by atoms with Gasteiger partial charge in [0, 0.05) is 23.7 Å². The number of nitrogens with one attached hydrogen (secondary N) is 1. The fourth-order valence-electron chi connectivity index (χ4n) is 2.48. The number of rotatable bonds is 5. The first-order valence-electron chi connectivity index (χ1n) is 7.30. The number of benzene rings is 2. The molecule has 0 aliphatic rings. The zero-order valence-corrected chi connectivity index (χ0v) is 12.7. The smallest absolute Gasteiger partial charge is 0.198 e. The average molecular weight is 312 g/mol. The molecule has 0 saturated heterocycles. The van der Waals surface area contributed by atoms with Crippen molar-refractivity contribution < 1.29 is 14.2 Å². The van der Waals surface area contributed by atoms with Crippen molar-refractivity contribution in [2.75, 3.05) is 13.7 Å². The maximum atomic E-state index is 13.4. The number of hydrogen-bond acceptors (Lipinski definition) is 3. The summed E-state index contributed by atoms with van der Waals surface area (Å²) in [5.41, 5.74) is 2.30. The van der Waals surface area contributed by atoms with Gasteiger partial charge in [-0.05, 0) is 42.3 Å². The fraction of sp³-hybridized carbons (Fsp3) is 0.167. The summed E-state index contributed by atoms with van der Waals surface area (Å²) in [7, 11) is 1.64. The van der Waals surface area contributed by atoms with Crippen LogP contribution in [-0.2, 0) is 6.42 Å². The third-order valence-corrected chi connectivity index (χ3v) is 3.66. The van der Waals surface area contributed by atoms with E-state index in [0.29, 0.717) is 23.0 Å². The van der Waals surface area contributed by atoms with Crippen LogP contribution in [0.5, 0.6) is 11.6 Å². The van der Waals surface area contributed by atoms with Gasteiger partial charge in [-0.1, -0.05) is 12.1 Å². The molecule has 2 aromatic carbocycles. The number of aromatic nitrogens is 1. The molecule has 3 rings (SSSR count). The fourth-order valence-corrected chi connectivity index (χ4v) is 2.48. The van der Waals surface area contributed by atoms with Crippen LogP contribution >= 0.6 is 0 Å². The van der Waals surface area contributed by atoms with Gasteiger partial charge in [0.2, 0.25) is 0 Å². The number of fused-ring (bicyclic) bond motifs is 1. The van der Waals surface area contributed by atoms with Gasteiger partial charge in [-0.3, -0.25) is 4.99 Å². The second-order valence-electron chi connectivity index (χ2n) is 5.21. The van der Waals surface area contributed by atoms with Crippen molar-refractivity contribution in [3.8, 4) is 11.6 Å². The minimum Gasteiger partial charge on any atom is -0.497 e. The molecule has 4 nitrogen and oxygen atoms in total. The van der Waals surface area contributed by atoms with Gasteiger partial charge in [0.05, 0.1) is 12.7 Å². The molecule has 0 fully saturated rings. The van der Waals surface area contributed by atoms with Gasteiger partial charge in [-0.15, -0.1) is 0 Å². The molecule has 0 atom stereocenters. The quantitative estimate of drug-likeness (QED) is 0.706. The molecule has 0 radical (unpaired) electrons. The molecule has 23 heavy (non-hydrogen) atoms. The lowest BCUT2D eigenvalue weighted by molar-refractivity contribution is 0.414. The van der Waals surface area contributed by atoms with Gasteiger partial charge < -0.3 is 14.8 Å². The Kier molecular flexibility index (Phi) is 4.28. The zero-order valence-electron chi connectivity index (χ0n) is 12.7. The van der Waals surface area contributed by atoms with Crippen molar-refractivity contribution in [2.45, 2.75) is 6.42 Å². The largest absolute Gasteiger partial charge is 0.497 e. The Labute approximate surface area is 133 Å². The van der Waals surface area contributed by atoms with Crippen LogP contribution in [0.3, 0.4) is 0 Å². The van der Waals surface area contributed by atoms with Crippen LogP contribution in [0.25, 0.3) is 10.9 Å². The van der Waals surface area contributed by atoms with Gasteiger partial charge in [0.15, 0.2) is 5.88 Å². The number of aromatic amines is 1. The lowest BCUT2D eigenvalue weighted by Crippen LogP contribution is -1.92. The van der Waals surface area contributed by atoms with Crippen LogP contribution < -0.4 is 4.74 Å². The van der Waals surface area contributed by atoms with E-state index >= 15 is 0 Å². The van der Waals surface area contributed by atoms with Gasteiger partial charge in [-0.25, -0.2) is 4.39 Å². The normalized spacial score (nSPS) is 11.4. The average Bonchev–Trinajstić information content (AvgIpc) is 2.87. The summed E-state index contributed by atoms with van der Waals surface area (Å²) in [6.45, 7) is 0.564. The van der Waals surface area contributed by atoms with Gasteiger partial charge in [0.1, 0.15) is 11.6 Å². The molecule has 1 aromatic heterocycles. The van der Waals surface area contributed by atoms with Crippen molar-refractivity contribution in [1.82, 2.24) is 4.98 Å². The summed E-state index contributed by atoms with van der Waals surface area (Å²) in [4.78, 5) is 7.15. The number of methoxy groups -OCH3 is 1. The SMILES string of the molecule is COc1cccc(CCN=Cc2c(O)[nH]c3ccc(F)cc23)c1. The lowest BCUT2D eigenvalue weighted by atomic mass is 10.1. The standard InChI is InChI=1S/C18H17FN2O2/c1-23-14-4-2-3-12(9-14)7-8-20-11-16-15-10-13(19)5-6-17(15)21-18(16)22/h2-6,9-11,21-22H,7-8H2,1H3. The molecule has 0 amide bonds. The highest BCUT2D eigenvalue weighted by atomic mass is 19.1. The molecular formula is C18H17FN2O2. The van der Waals surface area contributed by atoms with E-state index in [2.05, 4.69) is 9.98 Å². The Hall–Kier alpha value is -2.82. The van der Waals surface area contributed by atoms with Crippen molar-refractivity contribution >= 4 is 17.1 Å². The van der Waals surface area contributed by atoms with Gasteiger partial charge in [-0.2, -0.15) is 0 Å². The second kappa shape index (κ2) is 6.52. The van der Waals surface area contributed by atoms with E-state index in [1.54, 1.807) is 19.4 Å². The van der Waals surface area contributed by atoms with Crippen molar-refractivity contribution in [2.24, 2.45) is 4.99 Å². The number of H-pyrrole nitrogens is 1. The van der Waals surface area contributed by atoms with Crippen molar-refractivity contribution in [3.05, 3.63) is 59.4 Å². The summed E-state index contributed by atoms with van der Waals surface area (Å²) in [5, 5.41) is 10.5. The monoisotopic (exact) mass is 312 g/mol. The minimum absolute atomic E-state index is 0.00395. The molecule has 0 bridgehead atoms. The predicted molar refractivity (Wildman–Crippen MR) is 89.1 cm³/mol. The first kappa shape index (κ1) is 15.1. The Bertz CT molecular complexity index is 855. The predicted octanol–water partition coefficient (Wildman–Crippen LogP) is 3.68. The van der Waals surface area contributed by atoms with Gasteiger partial charge in [0.25, 0.3) is 0 Å². The molecule has 0 saturated carbocycles. The summed E-state index contributed by atoms with van der Waals surface area (Å²) in [6, 6.07) is 12.1. The highest BCUT2D eigenvalue weighted by molar-refractivity contribution is 6.01. The Morgan fingerprint density at radius 2 is 2.13 bits per heavy atom. The zero-order chi connectivity index (χ0) is 16.2. The molecule has 0 unspecified atom stereocenters. The van der Waals surface area contributed by atoms with E-state index < -0.39 is 0 Å². The first-order chi connectivity index (χ1) is 11.2. The summed E-state index contributed by atoms with van der Waals surface area (Å²) in [5.74, 6) is 0.467. The number of nitrogens with zero attached hydrogens (tertiary/aromatic N) is 1. The molecule has 118 valence electrons. The Balaban J connectivity index is 1.73. The number of aromatic hydroxyl groups is 1. The highest BCUT2D eigenvalue weighted by Gasteiger charge is 2.09. The number of ether oxygens (including phenoxy) is 1. The van der Waals surface area contributed by atoms with Crippen LogP contribution in [-0.4, -0.2) is 30.0 Å². The van der Waals surface area contributed by atoms with Crippen molar-refractivity contribution in [1.29, 1.82) is 0 Å². The number of aliphatic imine (C=N–C) groups is 1. The van der Waals surface area contributed by atoms with E-state index in [1.807, 2.05) is 24.3 Å². The van der Waals surface area contributed by atoms with Crippen molar-refractivity contribution in [3.63, 3.8) is 0 Å². The third-order valence-electron chi connectivity index (χ3n) is 3.66.